The molecule has 1 saturated heterocycles. The first-order valence-corrected chi connectivity index (χ1v) is 9.67. The van der Waals surface area contributed by atoms with Crippen LogP contribution >= 0.6 is 11.6 Å². The van der Waals surface area contributed by atoms with Gasteiger partial charge in [0.15, 0.2) is 0 Å². The molecule has 1 aromatic carbocycles. The summed E-state index contributed by atoms with van der Waals surface area (Å²) in [5.74, 6) is 2.18. The molecule has 3 heterocycles. The maximum Gasteiger partial charge on any atom is 0.133 e. The monoisotopic (exact) mass is 359 g/mol. The number of rotatable bonds is 4. The second kappa shape index (κ2) is 7.44. The van der Waals surface area contributed by atoms with Gasteiger partial charge in [0.25, 0.3) is 0 Å². The Hall–Kier alpha value is -1.43. The number of aryl methyl sites for hydroxylation is 2. The number of halogens is 1. The van der Waals surface area contributed by atoms with Gasteiger partial charge >= 0.3 is 0 Å². The van der Waals surface area contributed by atoms with Crippen molar-refractivity contribution in [1.29, 1.82) is 0 Å². The van der Waals surface area contributed by atoms with Crippen LogP contribution in [0.3, 0.4) is 0 Å². The SMILES string of the molecule is Cc1nnc2n1CC(NC1CCN(Cc3ccccc3Cl)CC1)CC2. The van der Waals surface area contributed by atoms with Crippen molar-refractivity contribution in [3.05, 3.63) is 46.5 Å². The molecule has 1 atom stereocenters. The molecule has 0 amide bonds. The van der Waals surface area contributed by atoms with Crippen molar-refractivity contribution < 1.29 is 0 Å². The standard InChI is InChI=1S/C19H26ClN5/c1-14-22-23-19-7-6-17(13-25(14)19)21-16-8-10-24(11-9-16)12-15-4-2-3-5-18(15)20/h2-5,16-17,21H,6-13H2,1H3. The molecule has 25 heavy (non-hydrogen) atoms. The van der Waals surface area contributed by atoms with Gasteiger partial charge in [0.05, 0.1) is 0 Å². The zero-order valence-electron chi connectivity index (χ0n) is 14.8. The summed E-state index contributed by atoms with van der Waals surface area (Å²) >= 11 is 6.29. The Labute approximate surface area is 154 Å². The summed E-state index contributed by atoms with van der Waals surface area (Å²) in [5.41, 5.74) is 1.23. The first-order valence-electron chi connectivity index (χ1n) is 9.29. The lowest BCUT2D eigenvalue weighted by Crippen LogP contribution is -2.48. The Morgan fingerprint density at radius 1 is 1.12 bits per heavy atom. The van der Waals surface area contributed by atoms with Crippen LogP contribution in [0, 0.1) is 6.92 Å². The number of fused-ring (bicyclic) bond motifs is 1. The van der Waals surface area contributed by atoms with E-state index in [9.17, 15) is 0 Å². The third kappa shape index (κ3) is 3.89. The minimum absolute atomic E-state index is 0.544. The van der Waals surface area contributed by atoms with E-state index in [1.54, 1.807) is 0 Å². The fourth-order valence-electron chi connectivity index (χ4n) is 4.06. The number of piperidine rings is 1. The molecule has 134 valence electrons. The summed E-state index contributed by atoms with van der Waals surface area (Å²) in [6.07, 6.45) is 4.60. The maximum atomic E-state index is 6.29. The van der Waals surface area contributed by atoms with Crippen LogP contribution in [0.5, 0.6) is 0 Å². The molecule has 6 heteroatoms. The van der Waals surface area contributed by atoms with Crippen LogP contribution in [0.4, 0.5) is 0 Å². The number of hydrogen-bond donors (Lipinski definition) is 1. The molecule has 2 aliphatic rings. The van der Waals surface area contributed by atoms with Crippen LogP contribution in [0.2, 0.25) is 5.02 Å². The Bertz CT molecular complexity index is 720. The number of likely N-dealkylation sites (tertiary alicyclic amines) is 1. The van der Waals surface area contributed by atoms with Crippen LogP contribution in [0.15, 0.2) is 24.3 Å². The number of hydrogen-bond acceptors (Lipinski definition) is 4. The van der Waals surface area contributed by atoms with Crippen molar-refractivity contribution in [3.8, 4) is 0 Å². The summed E-state index contributed by atoms with van der Waals surface area (Å²) < 4.78 is 2.27. The van der Waals surface area contributed by atoms with Gasteiger partial charge in [0, 0.05) is 36.6 Å². The molecule has 0 aliphatic carbocycles. The van der Waals surface area contributed by atoms with Gasteiger partial charge in [-0.15, -0.1) is 10.2 Å². The lowest BCUT2D eigenvalue weighted by Gasteiger charge is -2.36. The third-order valence-corrected chi connectivity index (χ3v) is 5.91. The highest BCUT2D eigenvalue weighted by Gasteiger charge is 2.26. The van der Waals surface area contributed by atoms with E-state index >= 15 is 0 Å². The number of aromatic nitrogens is 3. The lowest BCUT2D eigenvalue weighted by atomic mass is 10.00. The zero-order chi connectivity index (χ0) is 17.2. The van der Waals surface area contributed by atoms with E-state index in [1.165, 1.54) is 18.4 Å². The van der Waals surface area contributed by atoms with Gasteiger partial charge in [-0.3, -0.25) is 4.90 Å². The lowest BCUT2D eigenvalue weighted by molar-refractivity contribution is 0.178. The largest absolute Gasteiger partial charge is 0.314 e. The van der Waals surface area contributed by atoms with Gasteiger partial charge in [-0.2, -0.15) is 0 Å². The molecule has 1 unspecified atom stereocenters. The van der Waals surface area contributed by atoms with Crippen molar-refractivity contribution >= 4 is 11.6 Å². The number of nitrogens with zero attached hydrogens (tertiary/aromatic N) is 4. The predicted molar refractivity (Wildman–Crippen MR) is 99.8 cm³/mol. The van der Waals surface area contributed by atoms with E-state index in [1.807, 2.05) is 19.1 Å². The van der Waals surface area contributed by atoms with Crippen molar-refractivity contribution in [2.24, 2.45) is 0 Å². The van der Waals surface area contributed by atoms with E-state index in [0.717, 1.165) is 55.7 Å². The Morgan fingerprint density at radius 3 is 2.72 bits per heavy atom. The first-order chi connectivity index (χ1) is 12.2. The van der Waals surface area contributed by atoms with Gasteiger partial charge in [0.1, 0.15) is 11.6 Å². The Balaban J connectivity index is 1.27. The highest BCUT2D eigenvalue weighted by molar-refractivity contribution is 6.31. The zero-order valence-corrected chi connectivity index (χ0v) is 15.5. The van der Waals surface area contributed by atoms with Crippen LogP contribution < -0.4 is 5.32 Å². The molecule has 1 N–H and O–H groups in total. The van der Waals surface area contributed by atoms with Gasteiger partial charge in [-0.25, -0.2) is 0 Å². The summed E-state index contributed by atoms with van der Waals surface area (Å²) in [6.45, 7) is 6.28. The van der Waals surface area contributed by atoms with E-state index in [2.05, 4.69) is 37.1 Å². The molecule has 5 nitrogen and oxygen atoms in total. The van der Waals surface area contributed by atoms with E-state index in [4.69, 9.17) is 11.6 Å². The van der Waals surface area contributed by atoms with E-state index < -0.39 is 0 Å². The quantitative estimate of drug-likeness (QED) is 0.911. The average Bonchev–Trinajstić information content (AvgIpc) is 2.99. The fourth-order valence-corrected chi connectivity index (χ4v) is 4.25. The van der Waals surface area contributed by atoms with Gasteiger partial charge in [-0.1, -0.05) is 29.8 Å². The van der Waals surface area contributed by atoms with Crippen molar-refractivity contribution in [2.75, 3.05) is 13.1 Å². The Kier molecular flexibility index (Phi) is 5.06. The maximum absolute atomic E-state index is 6.29. The Morgan fingerprint density at radius 2 is 1.92 bits per heavy atom. The summed E-state index contributed by atoms with van der Waals surface area (Å²) in [4.78, 5) is 2.52. The number of nitrogens with one attached hydrogen (secondary N) is 1. The molecule has 0 radical (unpaired) electrons. The molecule has 4 rings (SSSR count). The molecule has 1 aromatic heterocycles. The third-order valence-electron chi connectivity index (χ3n) is 5.54. The topological polar surface area (TPSA) is 46.0 Å². The molecule has 0 bridgehead atoms. The van der Waals surface area contributed by atoms with Gasteiger partial charge in [0.2, 0.25) is 0 Å². The minimum Gasteiger partial charge on any atom is -0.314 e. The highest BCUT2D eigenvalue weighted by atomic mass is 35.5. The summed E-state index contributed by atoms with van der Waals surface area (Å²) in [7, 11) is 0. The molecular weight excluding hydrogens is 334 g/mol. The first kappa shape index (κ1) is 17.0. The summed E-state index contributed by atoms with van der Waals surface area (Å²) in [5, 5.41) is 13.2. The molecule has 1 fully saturated rings. The predicted octanol–water partition coefficient (Wildman–Crippen LogP) is 2.81. The second-order valence-corrected chi connectivity index (χ2v) is 7.73. The summed E-state index contributed by atoms with van der Waals surface area (Å²) in [6, 6.07) is 9.34. The van der Waals surface area contributed by atoms with E-state index in [0.29, 0.717) is 12.1 Å². The average molecular weight is 360 g/mol. The van der Waals surface area contributed by atoms with Crippen molar-refractivity contribution in [1.82, 2.24) is 25.0 Å². The van der Waals surface area contributed by atoms with Crippen LogP contribution in [0.1, 0.15) is 36.5 Å². The van der Waals surface area contributed by atoms with Crippen molar-refractivity contribution in [3.63, 3.8) is 0 Å². The molecule has 0 spiro atoms. The van der Waals surface area contributed by atoms with Gasteiger partial charge in [-0.05, 0) is 50.9 Å². The minimum atomic E-state index is 0.544. The van der Waals surface area contributed by atoms with Gasteiger partial charge < -0.3 is 9.88 Å². The van der Waals surface area contributed by atoms with Crippen LogP contribution in [-0.2, 0) is 19.5 Å². The van der Waals surface area contributed by atoms with Crippen LogP contribution in [-0.4, -0.2) is 44.8 Å². The molecule has 0 saturated carbocycles. The second-order valence-electron chi connectivity index (χ2n) is 7.32. The van der Waals surface area contributed by atoms with Crippen LogP contribution in [0.25, 0.3) is 0 Å². The normalized spacial score (nSPS) is 22.1. The van der Waals surface area contributed by atoms with E-state index in [-0.39, 0.29) is 0 Å². The smallest absolute Gasteiger partial charge is 0.133 e. The molecular formula is C19H26ClN5. The van der Waals surface area contributed by atoms with Crippen molar-refractivity contribution in [2.45, 2.75) is 57.8 Å². The molecule has 2 aromatic rings. The highest BCUT2D eigenvalue weighted by Crippen LogP contribution is 2.21. The number of benzene rings is 1. The fraction of sp³-hybridized carbons (Fsp3) is 0.579. The molecule has 2 aliphatic heterocycles.